The van der Waals surface area contributed by atoms with Crippen molar-refractivity contribution in [1.82, 2.24) is 9.88 Å². The van der Waals surface area contributed by atoms with Gasteiger partial charge in [-0.1, -0.05) is 12.1 Å². The van der Waals surface area contributed by atoms with Crippen LogP contribution < -0.4 is 9.47 Å². The molecular weight excluding hydrogens is 328 g/mol. The van der Waals surface area contributed by atoms with Crippen LogP contribution in [0.5, 0.6) is 11.5 Å². The van der Waals surface area contributed by atoms with E-state index in [0.29, 0.717) is 25.3 Å². The zero-order valence-corrected chi connectivity index (χ0v) is 15.5. The number of hydrogen-bond donors (Lipinski definition) is 0. The predicted octanol–water partition coefficient (Wildman–Crippen LogP) is 3.38. The van der Waals surface area contributed by atoms with Gasteiger partial charge in [0, 0.05) is 44.0 Å². The van der Waals surface area contributed by atoms with Gasteiger partial charge in [0.25, 0.3) is 0 Å². The Bertz CT molecular complexity index is 765. The zero-order chi connectivity index (χ0) is 17.9. The van der Waals surface area contributed by atoms with Crippen molar-refractivity contribution in [2.24, 2.45) is 0 Å². The molecule has 1 aromatic heterocycles. The summed E-state index contributed by atoms with van der Waals surface area (Å²) < 4.78 is 16.4. The van der Waals surface area contributed by atoms with E-state index in [0.717, 1.165) is 24.5 Å². The maximum atomic E-state index is 5.85. The lowest BCUT2D eigenvalue weighted by atomic mass is 9.97. The molecule has 2 aliphatic rings. The van der Waals surface area contributed by atoms with Gasteiger partial charge in [0.1, 0.15) is 6.61 Å². The fourth-order valence-electron chi connectivity index (χ4n) is 4.25. The molecule has 0 unspecified atom stereocenters. The van der Waals surface area contributed by atoms with Gasteiger partial charge in [-0.25, -0.2) is 0 Å². The Morgan fingerprint density at radius 1 is 1.12 bits per heavy atom. The lowest BCUT2D eigenvalue weighted by Crippen LogP contribution is -2.37. The standard InChI is InChI=1S/C21H26N2O3/c1-24-10-11-26-21-12-15(5-8-20(21)25-2)14-23-16-6-7-19(23)17-4-3-9-22-18(17)13-16/h3-5,8-9,12,16,19H,6-7,10-11,13-14H2,1-2H3/t16-,19+/m0/s1. The van der Waals surface area contributed by atoms with E-state index in [1.165, 1.54) is 29.7 Å². The first kappa shape index (κ1) is 17.3. The summed E-state index contributed by atoms with van der Waals surface area (Å²) in [4.78, 5) is 7.23. The normalized spacial score (nSPS) is 21.5. The van der Waals surface area contributed by atoms with Gasteiger partial charge in [-0.05, 0) is 42.2 Å². The largest absolute Gasteiger partial charge is 0.493 e. The topological polar surface area (TPSA) is 43.8 Å². The Morgan fingerprint density at radius 2 is 2.04 bits per heavy atom. The lowest BCUT2D eigenvalue weighted by molar-refractivity contribution is 0.143. The van der Waals surface area contributed by atoms with E-state index in [1.807, 2.05) is 12.3 Å². The third-order valence-corrected chi connectivity index (χ3v) is 5.49. The van der Waals surface area contributed by atoms with Gasteiger partial charge >= 0.3 is 0 Å². The molecule has 0 saturated carbocycles. The molecule has 0 radical (unpaired) electrons. The molecule has 1 fully saturated rings. The Morgan fingerprint density at radius 3 is 2.88 bits per heavy atom. The molecule has 0 spiro atoms. The second kappa shape index (κ2) is 7.64. The summed E-state index contributed by atoms with van der Waals surface area (Å²) in [6, 6.07) is 11.6. The molecule has 0 amide bonds. The Kier molecular flexibility index (Phi) is 5.09. The van der Waals surface area contributed by atoms with Crippen molar-refractivity contribution < 1.29 is 14.2 Å². The highest BCUT2D eigenvalue weighted by atomic mass is 16.5. The van der Waals surface area contributed by atoms with E-state index in [9.17, 15) is 0 Å². The minimum absolute atomic E-state index is 0.484. The fraction of sp³-hybridized carbons (Fsp3) is 0.476. The second-order valence-corrected chi connectivity index (χ2v) is 6.99. The van der Waals surface area contributed by atoms with Gasteiger partial charge in [-0.2, -0.15) is 0 Å². The highest BCUT2D eigenvalue weighted by molar-refractivity contribution is 5.43. The number of fused-ring (bicyclic) bond motifs is 4. The zero-order valence-electron chi connectivity index (χ0n) is 15.5. The molecule has 138 valence electrons. The number of pyridine rings is 1. The van der Waals surface area contributed by atoms with Crippen LogP contribution in [0.4, 0.5) is 0 Å². The minimum Gasteiger partial charge on any atom is -0.493 e. The first-order valence-electron chi connectivity index (χ1n) is 9.28. The number of rotatable bonds is 7. The molecule has 0 N–H and O–H groups in total. The van der Waals surface area contributed by atoms with E-state index in [1.54, 1.807) is 14.2 Å². The third kappa shape index (κ3) is 3.29. The molecular formula is C21H26N2O3. The summed E-state index contributed by atoms with van der Waals surface area (Å²) in [5.74, 6) is 1.55. The van der Waals surface area contributed by atoms with Crippen LogP contribution in [0.2, 0.25) is 0 Å². The predicted molar refractivity (Wildman–Crippen MR) is 99.6 cm³/mol. The third-order valence-electron chi connectivity index (χ3n) is 5.49. The van der Waals surface area contributed by atoms with Gasteiger partial charge in [0.05, 0.1) is 13.7 Å². The van der Waals surface area contributed by atoms with Crippen molar-refractivity contribution in [1.29, 1.82) is 0 Å². The first-order valence-corrected chi connectivity index (χ1v) is 9.28. The first-order chi connectivity index (χ1) is 12.8. The molecule has 2 atom stereocenters. The van der Waals surface area contributed by atoms with Crippen molar-refractivity contribution >= 4 is 0 Å². The summed E-state index contributed by atoms with van der Waals surface area (Å²) in [6.07, 6.45) is 5.44. The number of aromatic nitrogens is 1. The van der Waals surface area contributed by atoms with Crippen molar-refractivity contribution in [3.63, 3.8) is 0 Å². The number of nitrogens with zero attached hydrogens (tertiary/aromatic N) is 2. The molecule has 4 rings (SSSR count). The van der Waals surface area contributed by atoms with E-state index < -0.39 is 0 Å². The molecule has 5 nitrogen and oxygen atoms in total. The SMILES string of the molecule is COCCOc1cc(CN2[C@H]3CC[C@@H]2c2cccnc2C3)ccc1OC. The molecule has 2 bridgehead atoms. The molecule has 1 aromatic carbocycles. The minimum atomic E-state index is 0.484. The molecule has 3 heterocycles. The van der Waals surface area contributed by atoms with Gasteiger partial charge in [-0.3, -0.25) is 9.88 Å². The number of benzene rings is 1. The molecule has 1 saturated heterocycles. The Balaban J connectivity index is 1.53. The fourth-order valence-corrected chi connectivity index (χ4v) is 4.25. The molecule has 2 aliphatic heterocycles. The van der Waals surface area contributed by atoms with Gasteiger partial charge in [-0.15, -0.1) is 0 Å². The second-order valence-electron chi connectivity index (χ2n) is 6.99. The maximum absolute atomic E-state index is 5.85. The number of methoxy groups -OCH3 is 2. The van der Waals surface area contributed by atoms with Crippen LogP contribution in [0, 0.1) is 0 Å². The maximum Gasteiger partial charge on any atom is 0.161 e. The van der Waals surface area contributed by atoms with Crippen molar-refractivity contribution in [2.75, 3.05) is 27.4 Å². The highest BCUT2D eigenvalue weighted by Gasteiger charge is 2.40. The molecule has 26 heavy (non-hydrogen) atoms. The van der Waals surface area contributed by atoms with E-state index in [2.05, 4.69) is 34.1 Å². The van der Waals surface area contributed by atoms with Gasteiger partial charge < -0.3 is 14.2 Å². The van der Waals surface area contributed by atoms with Gasteiger partial charge in [0.2, 0.25) is 0 Å². The Labute approximate surface area is 154 Å². The molecule has 0 aliphatic carbocycles. The van der Waals surface area contributed by atoms with Crippen LogP contribution >= 0.6 is 0 Å². The number of ether oxygens (including phenoxy) is 3. The van der Waals surface area contributed by atoms with Crippen molar-refractivity contribution in [3.05, 3.63) is 53.3 Å². The summed E-state index contributed by atoms with van der Waals surface area (Å²) in [5, 5.41) is 0. The van der Waals surface area contributed by atoms with Crippen LogP contribution in [-0.4, -0.2) is 43.4 Å². The van der Waals surface area contributed by atoms with Crippen molar-refractivity contribution in [3.8, 4) is 11.5 Å². The average Bonchev–Trinajstić information content (AvgIpc) is 2.94. The number of hydrogen-bond acceptors (Lipinski definition) is 5. The van der Waals surface area contributed by atoms with E-state index in [-0.39, 0.29) is 0 Å². The summed E-state index contributed by atoms with van der Waals surface area (Å²) in [5.41, 5.74) is 3.95. The summed E-state index contributed by atoms with van der Waals surface area (Å²) in [6.45, 7) is 2.01. The molecule has 5 heteroatoms. The van der Waals surface area contributed by atoms with Crippen molar-refractivity contribution in [2.45, 2.75) is 37.9 Å². The lowest BCUT2D eigenvalue weighted by Gasteiger charge is -2.35. The van der Waals surface area contributed by atoms with Crippen LogP contribution in [-0.2, 0) is 17.7 Å². The highest BCUT2D eigenvalue weighted by Crippen LogP contribution is 2.44. The average molecular weight is 354 g/mol. The summed E-state index contributed by atoms with van der Waals surface area (Å²) in [7, 11) is 3.35. The van der Waals surface area contributed by atoms with Crippen LogP contribution in [0.3, 0.4) is 0 Å². The van der Waals surface area contributed by atoms with E-state index in [4.69, 9.17) is 14.2 Å². The van der Waals surface area contributed by atoms with Crippen LogP contribution in [0.1, 0.15) is 35.7 Å². The summed E-state index contributed by atoms with van der Waals surface area (Å²) >= 11 is 0. The quantitative estimate of drug-likeness (QED) is 0.713. The van der Waals surface area contributed by atoms with Gasteiger partial charge in [0.15, 0.2) is 11.5 Å². The van der Waals surface area contributed by atoms with E-state index >= 15 is 0 Å². The van der Waals surface area contributed by atoms with Crippen LogP contribution in [0.15, 0.2) is 36.5 Å². The molecule has 2 aromatic rings. The smallest absolute Gasteiger partial charge is 0.161 e. The monoisotopic (exact) mass is 354 g/mol. The van der Waals surface area contributed by atoms with Crippen LogP contribution in [0.25, 0.3) is 0 Å². The Hall–Kier alpha value is -2.11.